The normalized spacial score (nSPS) is 16.2. The molecule has 1 heterocycles. The highest BCUT2D eigenvalue weighted by molar-refractivity contribution is 5.76. The van der Waals surface area contributed by atoms with Crippen LogP contribution in [0.1, 0.15) is 22.7 Å². The Hall–Kier alpha value is -2.69. The van der Waals surface area contributed by atoms with Crippen molar-refractivity contribution in [3.63, 3.8) is 0 Å². The lowest BCUT2D eigenvalue weighted by atomic mass is 9.88. The Balaban J connectivity index is 2.15. The molecule has 2 aromatic rings. The predicted molar refractivity (Wildman–Crippen MR) is 97.3 cm³/mol. The van der Waals surface area contributed by atoms with E-state index in [1.807, 2.05) is 35.2 Å². The minimum absolute atomic E-state index is 0.00860. The molecule has 0 N–H and O–H groups in total. The summed E-state index contributed by atoms with van der Waals surface area (Å²) < 4.78 is 10.9. The van der Waals surface area contributed by atoms with Gasteiger partial charge in [-0.25, -0.2) is 4.79 Å². The molecule has 1 aliphatic heterocycles. The van der Waals surface area contributed by atoms with E-state index in [1.165, 1.54) is 5.56 Å². The largest absolute Gasteiger partial charge is 0.493 e. The SMILES string of the molecule is COc1cc2c(cc1OC)[C@H](c1ccccc1)N(C(=O)N(C)C)CC2. The molecule has 1 aliphatic rings. The van der Waals surface area contributed by atoms with E-state index in [4.69, 9.17) is 9.47 Å². The van der Waals surface area contributed by atoms with E-state index in [9.17, 15) is 4.79 Å². The quantitative estimate of drug-likeness (QED) is 0.861. The zero-order valence-electron chi connectivity index (χ0n) is 15.2. The first-order chi connectivity index (χ1) is 12.1. The van der Waals surface area contributed by atoms with Crippen molar-refractivity contribution >= 4 is 6.03 Å². The molecule has 5 heteroatoms. The fourth-order valence-corrected chi connectivity index (χ4v) is 3.40. The van der Waals surface area contributed by atoms with Crippen LogP contribution in [0.3, 0.4) is 0 Å². The third-order valence-corrected chi connectivity index (χ3v) is 4.62. The highest BCUT2D eigenvalue weighted by Crippen LogP contribution is 2.41. The van der Waals surface area contributed by atoms with Crippen LogP contribution in [0, 0.1) is 0 Å². The summed E-state index contributed by atoms with van der Waals surface area (Å²) >= 11 is 0. The number of hydrogen-bond donors (Lipinski definition) is 0. The number of benzene rings is 2. The molecule has 0 aromatic heterocycles. The molecule has 0 saturated heterocycles. The number of hydrogen-bond acceptors (Lipinski definition) is 3. The second-order valence-corrected chi connectivity index (χ2v) is 6.34. The third kappa shape index (κ3) is 3.14. The molecule has 0 saturated carbocycles. The maximum absolute atomic E-state index is 12.8. The van der Waals surface area contributed by atoms with Gasteiger partial charge in [0.1, 0.15) is 0 Å². The summed E-state index contributed by atoms with van der Waals surface area (Å²) in [4.78, 5) is 16.3. The Morgan fingerprint density at radius 2 is 1.72 bits per heavy atom. The maximum Gasteiger partial charge on any atom is 0.320 e. The summed E-state index contributed by atoms with van der Waals surface area (Å²) in [6.07, 6.45) is 0.790. The van der Waals surface area contributed by atoms with Crippen molar-refractivity contribution in [1.82, 2.24) is 9.80 Å². The lowest BCUT2D eigenvalue weighted by Crippen LogP contribution is -2.45. The van der Waals surface area contributed by atoms with Crippen molar-refractivity contribution in [2.24, 2.45) is 0 Å². The van der Waals surface area contributed by atoms with E-state index >= 15 is 0 Å². The molecule has 3 rings (SSSR count). The van der Waals surface area contributed by atoms with Gasteiger partial charge in [-0.2, -0.15) is 0 Å². The van der Waals surface area contributed by atoms with Gasteiger partial charge in [-0.1, -0.05) is 30.3 Å². The summed E-state index contributed by atoms with van der Waals surface area (Å²) in [5.74, 6) is 1.40. The molecule has 0 fully saturated rings. The van der Waals surface area contributed by atoms with Crippen LogP contribution in [0.4, 0.5) is 4.79 Å². The van der Waals surface area contributed by atoms with E-state index in [0.29, 0.717) is 12.3 Å². The first kappa shape index (κ1) is 17.1. The topological polar surface area (TPSA) is 42.0 Å². The van der Waals surface area contributed by atoms with Crippen LogP contribution in [0.5, 0.6) is 11.5 Å². The van der Waals surface area contributed by atoms with Gasteiger partial charge >= 0.3 is 6.03 Å². The van der Waals surface area contributed by atoms with E-state index in [2.05, 4.69) is 12.1 Å². The molecule has 0 aliphatic carbocycles. The van der Waals surface area contributed by atoms with Crippen LogP contribution in [0.25, 0.3) is 0 Å². The van der Waals surface area contributed by atoms with Crippen molar-refractivity contribution in [2.75, 3.05) is 34.9 Å². The van der Waals surface area contributed by atoms with Gasteiger partial charge in [0.2, 0.25) is 0 Å². The van der Waals surface area contributed by atoms with Crippen LogP contribution >= 0.6 is 0 Å². The van der Waals surface area contributed by atoms with E-state index in [0.717, 1.165) is 23.3 Å². The minimum atomic E-state index is -0.139. The first-order valence-electron chi connectivity index (χ1n) is 8.34. The Kier molecular flexibility index (Phi) is 4.83. The zero-order valence-corrected chi connectivity index (χ0v) is 15.2. The molecule has 132 valence electrons. The Morgan fingerprint density at radius 3 is 2.32 bits per heavy atom. The number of carbonyl (C=O) groups is 1. The Labute approximate surface area is 148 Å². The number of fused-ring (bicyclic) bond motifs is 1. The van der Waals surface area contributed by atoms with Crippen LogP contribution < -0.4 is 9.47 Å². The molecule has 0 spiro atoms. The number of nitrogens with zero attached hydrogens (tertiary/aromatic N) is 2. The average Bonchev–Trinajstić information content (AvgIpc) is 2.65. The highest BCUT2D eigenvalue weighted by Gasteiger charge is 2.33. The molecular formula is C20H24N2O3. The fraction of sp³-hybridized carbons (Fsp3) is 0.350. The van der Waals surface area contributed by atoms with E-state index in [1.54, 1.807) is 33.2 Å². The molecule has 25 heavy (non-hydrogen) atoms. The fourth-order valence-electron chi connectivity index (χ4n) is 3.40. The van der Waals surface area contributed by atoms with Crippen molar-refractivity contribution in [3.05, 3.63) is 59.2 Å². The molecule has 0 bridgehead atoms. The lowest BCUT2D eigenvalue weighted by Gasteiger charge is -2.39. The van der Waals surface area contributed by atoms with Gasteiger partial charge in [-0.15, -0.1) is 0 Å². The number of amides is 2. The van der Waals surface area contributed by atoms with Crippen molar-refractivity contribution < 1.29 is 14.3 Å². The van der Waals surface area contributed by atoms with Crippen molar-refractivity contribution in [1.29, 1.82) is 0 Å². The summed E-state index contributed by atoms with van der Waals surface area (Å²) in [6.45, 7) is 0.666. The number of urea groups is 1. The Bertz CT molecular complexity index is 759. The first-order valence-corrected chi connectivity index (χ1v) is 8.34. The van der Waals surface area contributed by atoms with Crippen LogP contribution in [0.15, 0.2) is 42.5 Å². The van der Waals surface area contributed by atoms with Gasteiger partial charge < -0.3 is 19.3 Å². The zero-order chi connectivity index (χ0) is 18.0. The Morgan fingerprint density at radius 1 is 1.08 bits per heavy atom. The molecule has 2 aromatic carbocycles. The number of rotatable bonds is 3. The second-order valence-electron chi connectivity index (χ2n) is 6.34. The molecule has 0 radical (unpaired) electrons. The second kappa shape index (κ2) is 7.05. The smallest absolute Gasteiger partial charge is 0.320 e. The van der Waals surface area contributed by atoms with Gasteiger partial charge in [0.15, 0.2) is 11.5 Å². The molecule has 0 unspecified atom stereocenters. The van der Waals surface area contributed by atoms with Crippen LogP contribution in [-0.4, -0.2) is 50.7 Å². The summed E-state index contributed by atoms with van der Waals surface area (Å²) in [5, 5.41) is 0. The summed E-state index contributed by atoms with van der Waals surface area (Å²) in [7, 11) is 6.85. The van der Waals surface area contributed by atoms with Gasteiger partial charge in [-0.3, -0.25) is 0 Å². The van der Waals surface area contributed by atoms with Crippen LogP contribution in [0.2, 0.25) is 0 Å². The predicted octanol–water partition coefficient (Wildman–Crippen LogP) is 3.33. The molecular weight excluding hydrogens is 316 g/mol. The van der Waals surface area contributed by atoms with Gasteiger partial charge in [0.05, 0.1) is 20.3 Å². The van der Waals surface area contributed by atoms with E-state index in [-0.39, 0.29) is 12.1 Å². The van der Waals surface area contributed by atoms with Crippen molar-refractivity contribution in [3.8, 4) is 11.5 Å². The molecule has 1 atom stereocenters. The van der Waals surface area contributed by atoms with Crippen molar-refractivity contribution in [2.45, 2.75) is 12.5 Å². The monoisotopic (exact) mass is 340 g/mol. The summed E-state index contributed by atoms with van der Waals surface area (Å²) in [6, 6.07) is 14.0. The standard InChI is InChI=1S/C20H24N2O3/c1-21(2)20(23)22-11-10-15-12-17(24-3)18(25-4)13-16(15)19(22)14-8-6-5-7-9-14/h5-9,12-13,19H,10-11H2,1-4H3/t19-/m0/s1. The summed E-state index contributed by atoms with van der Waals surface area (Å²) in [5.41, 5.74) is 3.37. The average molecular weight is 340 g/mol. The highest BCUT2D eigenvalue weighted by atomic mass is 16.5. The number of ether oxygens (including phenoxy) is 2. The minimum Gasteiger partial charge on any atom is -0.493 e. The van der Waals surface area contributed by atoms with E-state index < -0.39 is 0 Å². The maximum atomic E-state index is 12.8. The number of carbonyl (C=O) groups excluding carboxylic acids is 1. The van der Waals surface area contributed by atoms with Gasteiger partial charge in [0, 0.05) is 20.6 Å². The van der Waals surface area contributed by atoms with Gasteiger partial charge in [0.25, 0.3) is 0 Å². The molecule has 2 amide bonds. The number of methoxy groups -OCH3 is 2. The third-order valence-electron chi connectivity index (χ3n) is 4.62. The van der Waals surface area contributed by atoms with Crippen LogP contribution in [-0.2, 0) is 6.42 Å². The van der Waals surface area contributed by atoms with Gasteiger partial charge in [-0.05, 0) is 35.2 Å². The lowest BCUT2D eigenvalue weighted by molar-refractivity contribution is 0.154. The molecule has 5 nitrogen and oxygen atoms in total.